The molecule has 0 heterocycles. The van der Waals surface area contributed by atoms with Crippen LogP contribution in [0.5, 0.6) is 0 Å². The highest BCUT2D eigenvalue weighted by atomic mass is 79.9. The maximum atomic E-state index is 3.74. The second-order valence-corrected chi connectivity index (χ2v) is 5.94. The van der Waals surface area contributed by atoms with Crippen LogP contribution in [0.25, 0.3) is 0 Å². The van der Waals surface area contributed by atoms with E-state index in [0.29, 0.717) is 6.04 Å². The van der Waals surface area contributed by atoms with Gasteiger partial charge in [0.2, 0.25) is 0 Å². The summed E-state index contributed by atoms with van der Waals surface area (Å²) in [5.41, 5.74) is 3.03. The van der Waals surface area contributed by atoms with Crippen LogP contribution in [0.3, 0.4) is 0 Å². The Hall–Kier alpha value is -0.340. The van der Waals surface area contributed by atoms with Crippen molar-refractivity contribution in [2.75, 3.05) is 6.54 Å². The maximum absolute atomic E-state index is 3.74. The van der Waals surface area contributed by atoms with Gasteiger partial charge in [-0.25, -0.2) is 0 Å². The van der Waals surface area contributed by atoms with Gasteiger partial charge in [0.1, 0.15) is 0 Å². The third kappa shape index (κ3) is 3.11. The van der Waals surface area contributed by atoms with Gasteiger partial charge in [0, 0.05) is 10.5 Å². The van der Waals surface area contributed by atoms with E-state index < -0.39 is 0 Å². The Morgan fingerprint density at radius 1 is 1.35 bits per heavy atom. The monoisotopic (exact) mass is 295 g/mol. The fourth-order valence-corrected chi connectivity index (χ4v) is 3.09. The van der Waals surface area contributed by atoms with Gasteiger partial charge >= 0.3 is 0 Å². The summed E-state index contributed by atoms with van der Waals surface area (Å²) < 4.78 is 1.21. The Morgan fingerprint density at radius 3 is 2.82 bits per heavy atom. The average Bonchev–Trinajstić information content (AvgIpc) is 2.73. The zero-order valence-corrected chi connectivity index (χ0v) is 12.4. The molecule has 1 atom stereocenters. The summed E-state index contributed by atoms with van der Waals surface area (Å²) in [4.78, 5) is 0. The smallest absolute Gasteiger partial charge is 0.0326 e. The summed E-state index contributed by atoms with van der Waals surface area (Å²) in [5.74, 6) is 0.828. The summed E-state index contributed by atoms with van der Waals surface area (Å²) >= 11 is 3.55. The second kappa shape index (κ2) is 6.01. The van der Waals surface area contributed by atoms with Gasteiger partial charge in [0.25, 0.3) is 0 Å². The Bertz CT molecular complexity index is 371. The first kappa shape index (κ1) is 13.1. The number of hydrogen-bond acceptors (Lipinski definition) is 1. The molecule has 1 aliphatic carbocycles. The summed E-state index contributed by atoms with van der Waals surface area (Å²) in [6.07, 6.45) is 5.04. The minimum Gasteiger partial charge on any atom is -0.310 e. The Balaban J connectivity index is 1.97. The molecular formula is C15H22BrN. The molecule has 0 amide bonds. The number of aryl methyl sites for hydroxylation is 1. The number of halogens is 1. The Morgan fingerprint density at radius 2 is 2.12 bits per heavy atom. The van der Waals surface area contributed by atoms with Gasteiger partial charge in [0.05, 0.1) is 0 Å². The Labute approximate surface area is 113 Å². The predicted octanol–water partition coefficient (Wildman–Crippen LogP) is 4.46. The molecule has 0 saturated carbocycles. The first-order chi connectivity index (χ1) is 8.24. The van der Waals surface area contributed by atoms with Crippen molar-refractivity contribution in [2.45, 2.75) is 45.6 Å². The van der Waals surface area contributed by atoms with E-state index in [1.165, 1.54) is 41.3 Å². The van der Waals surface area contributed by atoms with Gasteiger partial charge in [-0.15, -0.1) is 0 Å². The molecule has 0 spiro atoms. The second-order valence-electron chi connectivity index (χ2n) is 5.03. The van der Waals surface area contributed by atoms with Crippen LogP contribution in [0.1, 0.15) is 50.3 Å². The van der Waals surface area contributed by atoms with Crippen LogP contribution in [-0.4, -0.2) is 6.54 Å². The van der Waals surface area contributed by atoms with Gasteiger partial charge in [0.15, 0.2) is 0 Å². The van der Waals surface area contributed by atoms with E-state index in [1.54, 1.807) is 0 Å². The van der Waals surface area contributed by atoms with Gasteiger partial charge in [-0.2, -0.15) is 0 Å². The highest BCUT2D eigenvalue weighted by molar-refractivity contribution is 9.10. The number of hydrogen-bond donors (Lipinski definition) is 1. The predicted molar refractivity (Wildman–Crippen MR) is 77.3 cm³/mol. The standard InChI is InChI=1S/C15H22BrN/c1-3-11(4-2)10-17-15-8-5-12-9-13(16)6-7-14(12)15/h6-7,9,11,15,17H,3-5,8,10H2,1-2H3. The van der Waals surface area contributed by atoms with Gasteiger partial charge < -0.3 is 5.32 Å². The van der Waals surface area contributed by atoms with Crippen molar-refractivity contribution in [3.63, 3.8) is 0 Å². The van der Waals surface area contributed by atoms with E-state index in [1.807, 2.05) is 0 Å². The minimum absolute atomic E-state index is 0.582. The van der Waals surface area contributed by atoms with Crippen LogP contribution in [0.4, 0.5) is 0 Å². The quantitative estimate of drug-likeness (QED) is 0.845. The zero-order chi connectivity index (χ0) is 12.3. The third-order valence-corrected chi connectivity index (χ3v) is 4.48. The fraction of sp³-hybridized carbons (Fsp3) is 0.600. The number of nitrogens with one attached hydrogen (secondary N) is 1. The van der Waals surface area contributed by atoms with Crippen LogP contribution >= 0.6 is 15.9 Å². The van der Waals surface area contributed by atoms with Gasteiger partial charge in [-0.05, 0) is 48.6 Å². The zero-order valence-electron chi connectivity index (χ0n) is 10.8. The van der Waals surface area contributed by atoms with E-state index in [0.717, 1.165) is 12.5 Å². The minimum atomic E-state index is 0.582. The number of benzene rings is 1. The van der Waals surface area contributed by atoms with Crippen LogP contribution < -0.4 is 5.32 Å². The van der Waals surface area contributed by atoms with Crippen molar-refractivity contribution in [1.29, 1.82) is 0 Å². The topological polar surface area (TPSA) is 12.0 Å². The normalized spacial score (nSPS) is 18.7. The molecule has 1 N–H and O–H groups in total. The molecule has 0 aromatic heterocycles. The average molecular weight is 296 g/mol. The summed E-state index contributed by atoms with van der Waals surface area (Å²) in [5, 5.41) is 3.74. The van der Waals surface area contributed by atoms with Crippen molar-refractivity contribution in [3.8, 4) is 0 Å². The van der Waals surface area contributed by atoms with Crippen LogP contribution in [0.15, 0.2) is 22.7 Å². The molecular weight excluding hydrogens is 274 g/mol. The molecule has 1 unspecified atom stereocenters. The van der Waals surface area contributed by atoms with Crippen LogP contribution in [0.2, 0.25) is 0 Å². The van der Waals surface area contributed by atoms with E-state index in [2.05, 4.69) is 53.3 Å². The van der Waals surface area contributed by atoms with Crippen molar-refractivity contribution >= 4 is 15.9 Å². The third-order valence-electron chi connectivity index (χ3n) is 3.99. The van der Waals surface area contributed by atoms with E-state index >= 15 is 0 Å². The molecule has 0 bridgehead atoms. The lowest BCUT2D eigenvalue weighted by Gasteiger charge is -2.18. The molecule has 0 fully saturated rings. The summed E-state index contributed by atoms with van der Waals surface area (Å²) in [7, 11) is 0. The Kier molecular flexibility index (Phi) is 4.63. The molecule has 2 heteroatoms. The van der Waals surface area contributed by atoms with Crippen molar-refractivity contribution in [3.05, 3.63) is 33.8 Å². The lowest BCUT2D eigenvalue weighted by atomic mass is 10.0. The molecule has 1 nitrogen and oxygen atoms in total. The van der Waals surface area contributed by atoms with E-state index in [9.17, 15) is 0 Å². The molecule has 1 aromatic rings. The molecule has 17 heavy (non-hydrogen) atoms. The van der Waals surface area contributed by atoms with Crippen molar-refractivity contribution in [2.24, 2.45) is 5.92 Å². The highest BCUT2D eigenvalue weighted by Crippen LogP contribution is 2.33. The first-order valence-electron chi connectivity index (χ1n) is 6.76. The molecule has 2 rings (SSSR count). The summed E-state index contributed by atoms with van der Waals surface area (Å²) in [6, 6.07) is 7.29. The van der Waals surface area contributed by atoms with E-state index in [4.69, 9.17) is 0 Å². The largest absolute Gasteiger partial charge is 0.310 e. The van der Waals surface area contributed by atoms with Gasteiger partial charge in [-0.3, -0.25) is 0 Å². The number of rotatable bonds is 5. The molecule has 0 aliphatic heterocycles. The highest BCUT2D eigenvalue weighted by Gasteiger charge is 2.22. The lowest BCUT2D eigenvalue weighted by Crippen LogP contribution is -2.25. The van der Waals surface area contributed by atoms with Crippen molar-refractivity contribution in [1.82, 2.24) is 5.32 Å². The van der Waals surface area contributed by atoms with Crippen LogP contribution in [-0.2, 0) is 6.42 Å². The molecule has 1 aromatic carbocycles. The van der Waals surface area contributed by atoms with Gasteiger partial charge in [-0.1, -0.05) is 48.7 Å². The maximum Gasteiger partial charge on any atom is 0.0326 e. The van der Waals surface area contributed by atoms with Crippen LogP contribution in [0, 0.1) is 5.92 Å². The molecule has 0 saturated heterocycles. The van der Waals surface area contributed by atoms with Crippen molar-refractivity contribution < 1.29 is 0 Å². The fourth-order valence-electron chi connectivity index (χ4n) is 2.68. The van der Waals surface area contributed by atoms with E-state index in [-0.39, 0.29) is 0 Å². The molecule has 1 aliphatic rings. The molecule has 0 radical (unpaired) electrons. The SMILES string of the molecule is CCC(CC)CNC1CCc2cc(Br)ccc21. The summed E-state index contributed by atoms with van der Waals surface area (Å²) in [6.45, 7) is 5.73. The number of fused-ring (bicyclic) bond motifs is 1. The first-order valence-corrected chi connectivity index (χ1v) is 7.55. The molecule has 94 valence electrons. The lowest BCUT2D eigenvalue weighted by molar-refractivity contribution is 0.410.